The monoisotopic (exact) mass is 484 g/mol. The number of benzene rings is 2. The molecule has 2 atom stereocenters. The summed E-state index contributed by atoms with van der Waals surface area (Å²) in [6, 6.07) is 4.80. The van der Waals surface area contributed by atoms with Crippen molar-refractivity contribution >= 4 is 11.6 Å². The molecule has 3 nitrogen and oxygen atoms in total. The van der Waals surface area contributed by atoms with Gasteiger partial charge in [0.1, 0.15) is 0 Å². The zero-order chi connectivity index (χ0) is 25.0. The summed E-state index contributed by atoms with van der Waals surface area (Å²) in [5, 5.41) is 0. The van der Waals surface area contributed by atoms with Crippen molar-refractivity contribution in [1.29, 1.82) is 0 Å². The van der Waals surface area contributed by atoms with Crippen molar-refractivity contribution in [3.63, 3.8) is 0 Å². The summed E-state index contributed by atoms with van der Waals surface area (Å²) < 4.78 is 122. The lowest BCUT2D eigenvalue weighted by Crippen LogP contribution is -2.49. The number of hydrogen-bond acceptors (Lipinski definition) is 2. The second-order valence-corrected chi connectivity index (χ2v) is 7.78. The quantitative estimate of drug-likeness (QED) is 0.545. The smallest absolute Gasteiger partial charge is 0.324 e. The Bertz CT molecular complexity index is 1010. The second kappa shape index (κ2) is 7.93. The van der Waals surface area contributed by atoms with E-state index in [1.807, 2.05) is 0 Å². The highest BCUT2D eigenvalue weighted by molar-refractivity contribution is 6.04. The second-order valence-electron chi connectivity index (χ2n) is 7.78. The van der Waals surface area contributed by atoms with Gasteiger partial charge in [-0.1, -0.05) is 12.1 Å². The Morgan fingerprint density at radius 2 is 1.36 bits per heavy atom. The largest absolute Gasteiger partial charge is 0.416 e. The van der Waals surface area contributed by atoms with Crippen molar-refractivity contribution in [3.05, 3.63) is 64.7 Å². The first-order valence-electron chi connectivity index (χ1n) is 9.52. The lowest BCUT2D eigenvalue weighted by molar-refractivity contribution is -0.191. The first-order valence-corrected chi connectivity index (χ1v) is 9.52. The lowest BCUT2D eigenvalue weighted by atomic mass is 9.77. The number of nitrogens with two attached hydrogens (primary N) is 1. The maximum absolute atomic E-state index is 14.2. The molecule has 1 aliphatic heterocycles. The Morgan fingerprint density at radius 1 is 0.879 bits per heavy atom. The Morgan fingerprint density at radius 3 is 1.76 bits per heavy atom. The van der Waals surface area contributed by atoms with Crippen molar-refractivity contribution in [2.45, 2.75) is 43.3 Å². The SMILES string of the molecule is CC(N)c1ccc(N2CCC(c3cc(C(F)(F)F)cc(C(F)(F)F)c3)(C(F)(F)F)C2=O)cc1. The number of anilines is 1. The fourth-order valence-electron chi connectivity index (χ4n) is 3.82. The standard InChI is InChI=1S/C21H17F9N2O/c1-11(31)12-2-4-16(5-3-12)32-7-6-18(17(32)33,21(28,29)30)13-8-14(19(22,23)24)10-15(9-13)20(25,26)27/h2-5,8-11H,6-7,31H2,1H3. The minimum absolute atomic E-state index is 0.0125. The molecule has 2 unspecified atom stereocenters. The Kier molecular flexibility index (Phi) is 5.97. The van der Waals surface area contributed by atoms with Gasteiger partial charge in [-0.2, -0.15) is 39.5 Å². The van der Waals surface area contributed by atoms with E-state index in [1.54, 1.807) is 6.92 Å². The number of halogens is 9. The van der Waals surface area contributed by atoms with Crippen LogP contribution in [0.5, 0.6) is 0 Å². The van der Waals surface area contributed by atoms with Crippen molar-refractivity contribution in [2.75, 3.05) is 11.4 Å². The van der Waals surface area contributed by atoms with E-state index in [2.05, 4.69) is 0 Å². The predicted molar refractivity (Wildman–Crippen MR) is 100 cm³/mol. The van der Waals surface area contributed by atoms with Crippen LogP contribution in [-0.4, -0.2) is 18.6 Å². The molecule has 1 fully saturated rings. The molecule has 1 amide bonds. The van der Waals surface area contributed by atoms with Crippen molar-refractivity contribution in [2.24, 2.45) is 5.73 Å². The zero-order valence-corrected chi connectivity index (χ0v) is 16.9. The summed E-state index contributed by atoms with van der Waals surface area (Å²) in [7, 11) is 0. The molecule has 2 aromatic rings. The maximum atomic E-state index is 14.2. The third kappa shape index (κ3) is 4.40. The van der Waals surface area contributed by atoms with Crippen LogP contribution in [0, 0.1) is 0 Å². The molecule has 180 valence electrons. The average Bonchev–Trinajstić information content (AvgIpc) is 3.04. The molecule has 2 N–H and O–H groups in total. The van der Waals surface area contributed by atoms with Gasteiger partial charge in [-0.15, -0.1) is 0 Å². The van der Waals surface area contributed by atoms with Gasteiger partial charge in [0.05, 0.1) is 11.1 Å². The normalized spacial score (nSPS) is 20.9. The van der Waals surface area contributed by atoms with E-state index in [9.17, 15) is 44.3 Å². The highest BCUT2D eigenvalue weighted by Gasteiger charge is 2.66. The molecule has 12 heteroatoms. The van der Waals surface area contributed by atoms with Gasteiger partial charge in [0.2, 0.25) is 5.91 Å². The number of hydrogen-bond donors (Lipinski definition) is 1. The van der Waals surface area contributed by atoms with E-state index < -0.39 is 65.5 Å². The molecule has 0 aliphatic carbocycles. The molecule has 0 radical (unpaired) electrons. The Labute approximate surface area is 182 Å². The Hall–Kier alpha value is -2.76. The van der Waals surface area contributed by atoms with Crippen molar-refractivity contribution in [3.8, 4) is 0 Å². The van der Waals surface area contributed by atoms with Gasteiger partial charge in [0.15, 0.2) is 5.41 Å². The zero-order valence-electron chi connectivity index (χ0n) is 16.9. The number of carbonyl (C=O) groups excluding carboxylic acids is 1. The third-order valence-electron chi connectivity index (χ3n) is 5.62. The number of amides is 1. The van der Waals surface area contributed by atoms with Crippen molar-refractivity contribution in [1.82, 2.24) is 0 Å². The molecule has 3 rings (SSSR count). The molecule has 33 heavy (non-hydrogen) atoms. The summed E-state index contributed by atoms with van der Waals surface area (Å²) in [5.41, 5.74) is -2.51. The van der Waals surface area contributed by atoms with Crippen LogP contribution in [-0.2, 0) is 22.6 Å². The van der Waals surface area contributed by atoms with Crippen LogP contribution in [0.2, 0.25) is 0 Å². The predicted octanol–water partition coefficient (Wildman–Crippen LogP) is 5.98. The van der Waals surface area contributed by atoms with Gasteiger partial charge in [0, 0.05) is 18.3 Å². The van der Waals surface area contributed by atoms with Gasteiger partial charge in [-0.05, 0) is 54.8 Å². The van der Waals surface area contributed by atoms with Gasteiger partial charge >= 0.3 is 18.5 Å². The van der Waals surface area contributed by atoms with E-state index in [-0.39, 0.29) is 23.9 Å². The van der Waals surface area contributed by atoms with Crippen LogP contribution in [0.3, 0.4) is 0 Å². The lowest BCUT2D eigenvalue weighted by Gasteiger charge is -2.32. The van der Waals surface area contributed by atoms with Crippen LogP contribution in [0.1, 0.15) is 41.6 Å². The summed E-state index contributed by atoms with van der Waals surface area (Å²) in [6.07, 6.45) is -17.2. The van der Waals surface area contributed by atoms with E-state index in [1.165, 1.54) is 24.3 Å². The number of nitrogens with zero attached hydrogens (tertiary/aromatic N) is 1. The first kappa shape index (κ1) is 24.9. The van der Waals surface area contributed by atoms with Crippen LogP contribution < -0.4 is 10.6 Å². The molecule has 0 saturated carbocycles. The third-order valence-corrected chi connectivity index (χ3v) is 5.62. The molecular formula is C21H17F9N2O. The van der Waals surface area contributed by atoms with Crippen LogP contribution in [0.15, 0.2) is 42.5 Å². The maximum Gasteiger partial charge on any atom is 0.416 e. The minimum atomic E-state index is -5.46. The van der Waals surface area contributed by atoms with E-state index in [0.29, 0.717) is 10.5 Å². The summed E-state index contributed by atoms with van der Waals surface area (Å²) in [6.45, 7) is 1.09. The van der Waals surface area contributed by atoms with Crippen LogP contribution in [0.25, 0.3) is 0 Å². The van der Waals surface area contributed by atoms with Crippen LogP contribution in [0.4, 0.5) is 45.2 Å². The minimum Gasteiger partial charge on any atom is -0.324 e. The summed E-state index contributed by atoms with van der Waals surface area (Å²) in [5.74, 6) is -1.66. The summed E-state index contributed by atoms with van der Waals surface area (Å²) >= 11 is 0. The van der Waals surface area contributed by atoms with E-state index in [0.717, 1.165) is 0 Å². The molecule has 1 aliphatic rings. The highest BCUT2D eigenvalue weighted by atomic mass is 19.4. The van der Waals surface area contributed by atoms with Gasteiger partial charge in [-0.25, -0.2) is 0 Å². The van der Waals surface area contributed by atoms with Gasteiger partial charge < -0.3 is 10.6 Å². The summed E-state index contributed by atoms with van der Waals surface area (Å²) in [4.78, 5) is 13.7. The molecular weight excluding hydrogens is 467 g/mol. The molecule has 0 aromatic heterocycles. The molecule has 1 heterocycles. The number of carbonyl (C=O) groups is 1. The highest BCUT2D eigenvalue weighted by Crippen LogP contribution is 2.51. The van der Waals surface area contributed by atoms with E-state index in [4.69, 9.17) is 5.73 Å². The molecule has 2 aromatic carbocycles. The fourth-order valence-corrected chi connectivity index (χ4v) is 3.82. The van der Waals surface area contributed by atoms with Crippen LogP contribution >= 0.6 is 0 Å². The molecule has 0 bridgehead atoms. The van der Waals surface area contributed by atoms with Crippen molar-refractivity contribution < 1.29 is 44.3 Å². The number of rotatable bonds is 3. The first-order chi connectivity index (χ1) is 15.0. The topological polar surface area (TPSA) is 46.3 Å². The van der Waals surface area contributed by atoms with Gasteiger partial charge in [0.25, 0.3) is 0 Å². The fraction of sp³-hybridized carbons (Fsp3) is 0.381. The number of alkyl halides is 9. The Balaban J connectivity index is 2.18. The van der Waals surface area contributed by atoms with E-state index >= 15 is 0 Å². The van der Waals surface area contributed by atoms with Gasteiger partial charge in [-0.3, -0.25) is 4.79 Å². The average molecular weight is 484 g/mol. The molecule has 1 saturated heterocycles. The molecule has 0 spiro atoms.